The predicted molar refractivity (Wildman–Crippen MR) is 77.8 cm³/mol. The molecule has 0 aliphatic carbocycles. The van der Waals surface area contributed by atoms with Crippen LogP contribution in [0.5, 0.6) is 0 Å². The lowest BCUT2D eigenvalue weighted by Gasteiger charge is -2.01. The molecule has 0 aromatic rings. The van der Waals surface area contributed by atoms with Gasteiger partial charge in [0.1, 0.15) is 0 Å². The summed E-state index contributed by atoms with van der Waals surface area (Å²) < 4.78 is 0. The van der Waals surface area contributed by atoms with E-state index in [1.165, 1.54) is 70.6 Å². The number of rotatable bonds is 11. The van der Waals surface area contributed by atoms with Gasteiger partial charge in [0, 0.05) is 6.42 Å². The van der Waals surface area contributed by atoms with Crippen molar-refractivity contribution in [1.29, 1.82) is 0 Å². The Morgan fingerprint density at radius 2 is 1.12 bits per heavy atom. The van der Waals surface area contributed by atoms with Gasteiger partial charge < -0.3 is 0 Å². The second kappa shape index (κ2) is 14.9. The maximum atomic E-state index is 3.87. The summed E-state index contributed by atoms with van der Waals surface area (Å²) in [5.41, 5.74) is 0. The molecule has 0 fully saturated rings. The van der Waals surface area contributed by atoms with E-state index in [9.17, 15) is 0 Å². The molecule has 0 rings (SSSR count). The molecule has 0 nitrogen and oxygen atoms in total. The summed E-state index contributed by atoms with van der Waals surface area (Å²) in [6.07, 6.45) is 16.4. The van der Waals surface area contributed by atoms with E-state index in [0.29, 0.717) is 0 Å². The fourth-order valence-corrected chi connectivity index (χ4v) is 2.05. The van der Waals surface area contributed by atoms with Crippen molar-refractivity contribution >= 4 is 12.6 Å². The van der Waals surface area contributed by atoms with Gasteiger partial charge in [0.25, 0.3) is 0 Å². The molecule has 94 valence electrons. The first-order valence-electron chi connectivity index (χ1n) is 7.03. The Labute approximate surface area is 108 Å². The summed E-state index contributed by atoms with van der Waals surface area (Å²) in [5.74, 6) is 2.99. The van der Waals surface area contributed by atoms with Crippen molar-refractivity contribution < 1.29 is 0 Å². The second-order valence-corrected chi connectivity index (χ2v) is 4.80. The minimum Gasteiger partial charge on any atom is -0.0922 e. The van der Waals surface area contributed by atoms with E-state index >= 15 is 0 Å². The van der Waals surface area contributed by atoms with Crippen LogP contribution < -0.4 is 0 Å². The van der Waals surface area contributed by atoms with Gasteiger partial charge in [0.05, 0.1) is 0 Å². The van der Waals surface area contributed by atoms with E-state index in [2.05, 4.69) is 30.7 Å². The lowest BCUT2D eigenvalue weighted by atomic mass is 10.1. The molecule has 0 saturated carbocycles. The van der Waals surface area contributed by atoms with Crippen LogP contribution in [0, 0.1) is 11.2 Å². The fourth-order valence-electron chi connectivity index (χ4n) is 1.93. The van der Waals surface area contributed by atoms with Crippen molar-refractivity contribution in [2.24, 2.45) is 0 Å². The third kappa shape index (κ3) is 13.9. The van der Waals surface area contributed by atoms with Crippen LogP contribution >= 0.6 is 12.6 Å². The molecule has 0 saturated heterocycles. The summed E-state index contributed by atoms with van der Waals surface area (Å²) >= 11 is 3.87. The zero-order valence-corrected chi connectivity index (χ0v) is 11.8. The third-order valence-electron chi connectivity index (χ3n) is 2.98. The highest BCUT2D eigenvalue weighted by Crippen LogP contribution is 2.11. The van der Waals surface area contributed by atoms with E-state index in [1.54, 1.807) is 0 Å². The van der Waals surface area contributed by atoms with Gasteiger partial charge in [0.15, 0.2) is 0 Å². The van der Waals surface area contributed by atoms with Crippen molar-refractivity contribution in [3.05, 3.63) is 0 Å². The minimum atomic E-state index is 1.03. The zero-order valence-electron chi connectivity index (χ0n) is 10.9. The Kier molecular flexibility index (Phi) is 14.8. The van der Waals surface area contributed by atoms with E-state index in [-0.39, 0.29) is 0 Å². The van der Waals surface area contributed by atoms with Gasteiger partial charge in [-0.05, 0) is 11.7 Å². The number of unbranched alkanes of at least 4 members (excludes halogenated alkanes) is 11. The van der Waals surface area contributed by atoms with Crippen molar-refractivity contribution in [1.82, 2.24) is 0 Å². The average Bonchev–Trinajstić information content (AvgIpc) is 2.31. The van der Waals surface area contributed by atoms with Crippen LogP contribution in [-0.4, -0.2) is 0 Å². The van der Waals surface area contributed by atoms with Crippen LogP contribution in [-0.2, 0) is 0 Å². The van der Waals surface area contributed by atoms with Crippen molar-refractivity contribution in [3.63, 3.8) is 0 Å². The Hall–Kier alpha value is -0.0900. The Morgan fingerprint density at radius 1 is 0.688 bits per heavy atom. The molecule has 0 radical (unpaired) electrons. The van der Waals surface area contributed by atoms with Gasteiger partial charge in [-0.1, -0.05) is 89.7 Å². The van der Waals surface area contributed by atoms with Gasteiger partial charge in [-0.3, -0.25) is 0 Å². The number of hydrogen-bond acceptors (Lipinski definition) is 1. The highest BCUT2D eigenvalue weighted by atomic mass is 32.1. The fraction of sp³-hybridized carbons (Fsp3) is 0.867. The van der Waals surface area contributed by atoms with E-state index in [4.69, 9.17) is 0 Å². The molecule has 0 heterocycles. The molecule has 0 aliphatic rings. The summed E-state index contributed by atoms with van der Waals surface area (Å²) in [6.45, 7) is 2.28. The molecular weight excluding hydrogens is 212 g/mol. The predicted octanol–water partition coefficient (Wildman–Crippen LogP) is 5.58. The van der Waals surface area contributed by atoms with Crippen LogP contribution in [0.1, 0.15) is 84.0 Å². The molecule has 0 aliphatic heterocycles. The molecule has 0 aromatic carbocycles. The number of thiol groups is 1. The highest BCUT2D eigenvalue weighted by Gasteiger charge is 1.92. The molecule has 0 bridgehead atoms. The van der Waals surface area contributed by atoms with Crippen LogP contribution in [0.15, 0.2) is 0 Å². The summed E-state index contributed by atoms with van der Waals surface area (Å²) in [7, 11) is 0. The third-order valence-corrected chi connectivity index (χ3v) is 3.14. The monoisotopic (exact) mass is 240 g/mol. The molecule has 16 heavy (non-hydrogen) atoms. The molecule has 0 amide bonds. The quantitative estimate of drug-likeness (QED) is 0.272. The highest BCUT2D eigenvalue weighted by molar-refractivity contribution is 7.85. The Bertz CT molecular complexity index is 176. The normalized spacial score (nSPS) is 9.88. The van der Waals surface area contributed by atoms with Crippen molar-refractivity contribution in [2.45, 2.75) is 84.0 Å². The van der Waals surface area contributed by atoms with Gasteiger partial charge in [-0.2, -0.15) is 0 Å². The second-order valence-electron chi connectivity index (χ2n) is 4.57. The topological polar surface area (TPSA) is 0 Å². The maximum Gasteiger partial charge on any atom is 0.00975 e. The van der Waals surface area contributed by atoms with E-state index < -0.39 is 0 Å². The summed E-state index contributed by atoms with van der Waals surface area (Å²) in [4.78, 5) is 0. The van der Waals surface area contributed by atoms with Gasteiger partial charge in [-0.15, -0.1) is 0 Å². The van der Waals surface area contributed by atoms with E-state index in [0.717, 1.165) is 6.42 Å². The largest absolute Gasteiger partial charge is 0.0922 e. The molecule has 1 heteroatoms. The molecule has 0 aromatic heterocycles. The maximum absolute atomic E-state index is 3.87. The molecule has 0 atom stereocenters. The molecular formula is C15H28S. The van der Waals surface area contributed by atoms with Crippen LogP contribution in [0.4, 0.5) is 0 Å². The van der Waals surface area contributed by atoms with Gasteiger partial charge in [0.2, 0.25) is 0 Å². The zero-order chi connectivity index (χ0) is 11.9. The molecule has 0 N–H and O–H groups in total. The van der Waals surface area contributed by atoms with Crippen LogP contribution in [0.25, 0.3) is 0 Å². The van der Waals surface area contributed by atoms with Crippen LogP contribution in [0.3, 0.4) is 0 Å². The first kappa shape index (κ1) is 15.9. The smallest absolute Gasteiger partial charge is 0.00975 e. The standard InChI is InChI=1S/C15H28S/c1-2-3-4-5-6-7-8-9-10-11-12-13-14-15-16/h16H,2-13H2,1H3. The SMILES string of the molecule is CCCCCCCCCCCCCC#CS. The first-order valence-corrected chi connectivity index (χ1v) is 7.48. The van der Waals surface area contributed by atoms with E-state index in [1.807, 2.05) is 0 Å². The molecule has 0 unspecified atom stereocenters. The van der Waals surface area contributed by atoms with Crippen molar-refractivity contribution in [3.8, 4) is 11.2 Å². The summed E-state index contributed by atoms with van der Waals surface area (Å²) in [5, 5.41) is 2.65. The lowest BCUT2D eigenvalue weighted by Crippen LogP contribution is -1.81. The Balaban J connectivity index is 2.89. The van der Waals surface area contributed by atoms with Crippen LogP contribution in [0.2, 0.25) is 0 Å². The summed E-state index contributed by atoms with van der Waals surface area (Å²) in [6, 6.07) is 0. The number of hydrogen-bond donors (Lipinski definition) is 1. The lowest BCUT2D eigenvalue weighted by molar-refractivity contribution is 0.551. The van der Waals surface area contributed by atoms with Crippen molar-refractivity contribution in [2.75, 3.05) is 0 Å². The average molecular weight is 240 g/mol. The first-order chi connectivity index (χ1) is 7.91. The Morgan fingerprint density at radius 3 is 1.56 bits per heavy atom. The minimum absolute atomic E-state index is 1.03. The van der Waals surface area contributed by atoms with Gasteiger partial charge >= 0.3 is 0 Å². The molecule has 0 spiro atoms. The van der Waals surface area contributed by atoms with Gasteiger partial charge in [-0.25, -0.2) is 0 Å².